The van der Waals surface area contributed by atoms with Crippen LogP contribution in [0.5, 0.6) is 5.75 Å². The number of ether oxygens (including phenoxy) is 1. The molecule has 0 spiro atoms. The Morgan fingerprint density at radius 1 is 1.03 bits per heavy atom. The summed E-state index contributed by atoms with van der Waals surface area (Å²) in [6.45, 7) is 0.0734. The number of fused-ring (bicyclic) bond motifs is 1. The predicted octanol–water partition coefficient (Wildman–Crippen LogP) is 3.55. The zero-order chi connectivity index (χ0) is 21.1. The molecule has 2 aromatic rings. The molecule has 0 saturated carbocycles. The minimum atomic E-state index is -4.76. The molecule has 1 aliphatic rings. The fraction of sp³-hybridized carbons (Fsp3) is 0.350. The molecule has 5 nitrogen and oxygen atoms in total. The Hall–Kier alpha value is -2.55. The van der Waals surface area contributed by atoms with Crippen molar-refractivity contribution in [3.63, 3.8) is 0 Å². The van der Waals surface area contributed by atoms with E-state index in [1.165, 1.54) is 17.7 Å². The molecule has 0 aromatic heterocycles. The van der Waals surface area contributed by atoms with Gasteiger partial charge < -0.3 is 10.1 Å². The number of carbonyl (C=O) groups excluding carboxylic acids is 1. The Labute approximate surface area is 166 Å². The molecule has 0 heterocycles. The van der Waals surface area contributed by atoms with Gasteiger partial charge in [-0.2, -0.15) is 0 Å². The van der Waals surface area contributed by atoms with E-state index >= 15 is 0 Å². The molecular weight excluding hydrogens is 407 g/mol. The average Bonchev–Trinajstić information content (AvgIpc) is 3.12. The van der Waals surface area contributed by atoms with Gasteiger partial charge in [-0.15, -0.1) is 13.2 Å². The van der Waals surface area contributed by atoms with E-state index in [2.05, 4.69) is 10.1 Å². The number of carbonyl (C=O) groups is 1. The molecule has 0 atom stereocenters. The lowest BCUT2D eigenvalue weighted by Crippen LogP contribution is -2.25. The lowest BCUT2D eigenvalue weighted by Gasteiger charge is -2.10. The van der Waals surface area contributed by atoms with Gasteiger partial charge in [0.15, 0.2) is 9.84 Å². The number of nitrogens with one attached hydrogen (secondary N) is 1. The standard InChI is InChI=1S/C20H20F3NO4S/c21-20(22,23)28-17-7-4-14(5-8-17)13-24-19(25)10-11-29(26,27)18-9-6-15-2-1-3-16(15)12-18/h4-9,12H,1-3,10-11,13H2,(H,24,25). The van der Waals surface area contributed by atoms with Gasteiger partial charge in [0, 0.05) is 13.0 Å². The van der Waals surface area contributed by atoms with Crippen LogP contribution in [0.15, 0.2) is 47.4 Å². The van der Waals surface area contributed by atoms with Crippen molar-refractivity contribution in [3.05, 3.63) is 59.2 Å². The van der Waals surface area contributed by atoms with Crippen LogP contribution < -0.4 is 10.1 Å². The maximum Gasteiger partial charge on any atom is 0.573 e. The number of amides is 1. The first-order valence-electron chi connectivity index (χ1n) is 9.08. The van der Waals surface area contributed by atoms with Gasteiger partial charge in [0.25, 0.3) is 0 Å². The second kappa shape index (κ2) is 8.44. The summed E-state index contributed by atoms with van der Waals surface area (Å²) in [6, 6.07) is 10.2. The fourth-order valence-corrected chi connectivity index (χ4v) is 4.47. The van der Waals surface area contributed by atoms with E-state index in [9.17, 15) is 26.4 Å². The van der Waals surface area contributed by atoms with Gasteiger partial charge >= 0.3 is 6.36 Å². The van der Waals surface area contributed by atoms with E-state index in [0.29, 0.717) is 5.56 Å². The summed E-state index contributed by atoms with van der Waals surface area (Å²) in [5.41, 5.74) is 2.79. The third-order valence-electron chi connectivity index (χ3n) is 4.67. The van der Waals surface area contributed by atoms with Crippen LogP contribution in [0.3, 0.4) is 0 Å². The van der Waals surface area contributed by atoms with E-state index in [-0.39, 0.29) is 29.4 Å². The van der Waals surface area contributed by atoms with Crippen LogP contribution in [0.1, 0.15) is 29.5 Å². The van der Waals surface area contributed by atoms with Crippen molar-refractivity contribution in [3.8, 4) is 5.75 Å². The summed E-state index contributed by atoms with van der Waals surface area (Å²) in [5.74, 6) is -1.12. The molecule has 1 aliphatic carbocycles. The number of hydrogen-bond acceptors (Lipinski definition) is 4. The lowest BCUT2D eigenvalue weighted by molar-refractivity contribution is -0.274. The molecule has 0 saturated heterocycles. The Morgan fingerprint density at radius 2 is 1.72 bits per heavy atom. The van der Waals surface area contributed by atoms with Crippen molar-refractivity contribution in [2.75, 3.05) is 5.75 Å². The van der Waals surface area contributed by atoms with Crippen LogP contribution in [-0.4, -0.2) is 26.4 Å². The topological polar surface area (TPSA) is 72.5 Å². The zero-order valence-electron chi connectivity index (χ0n) is 15.5. The smallest absolute Gasteiger partial charge is 0.406 e. The van der Waals surface area contributed by atoms with Crippen LogP contribution in [0.4, 0.5) is 13.2 Å². The molecular formula is C20H20F3NO4S. The second-order valence-corrected chi connectivity index (χ2v) is 8.93. The quantitative estimate of drug-likeness (QED) is 0.734. The number of alkyl halides is 3. The summed E-state index contributed by atoms with van der Waals surface area (Å²) in [7, 11) is -3.57. The third kappa shape index (κ3) is 5.96. The highest BCUT2D eigenvalue weighted by Crippen LogP contribution is 2.25. The van der Waals surface area contributed by atoms with Gasteiger partial charge in [-0.3, -0.25) is 4.79 Å². The van der Waals surface area contributed by atoms with Crippen molar-refractivity contribution in [2.24, 2.45) is 0 Å². The lowest BCUT2D eigenvalue weighted by atomic mass is 10.1. The minimum absolute atomic E-state index is 0.0734. The normalized spacial score (nSPS) is 13.8. The molecule has 1 N–H and O–H groups in total. The number of hydrogen-bond donors (Lipinski definition) is 1. The highest BCUT2D eigenvalue weighted by molar-refractivity contribution is 7.91. The average molecular weight is 427 g/mol. The van der Waals surface area contributed by atoms with Gasteiger partial charge in [0.05, 0.1) is 10.6 Å². The van der Waals surface area contributed by atoms with Crippen LogP contribution in [0, 0.1) is 0 Å². The van der Waals surface area contributed by atoms with Crippen molar-refractivity contribution in [1.29, 1.82) is 0 Å². The van der Waals surface area contributed by atoms with Crippen LogP contribution in [0.2, 0.25) is 0 Å². The van der Waals surface area contributed by atoms with Gasteiger partial charge in [0.2, 0.25) is 5.91 Å². The Morgan fingerprint density at radius 3 is 2.41 bits per heavy atom. The largest absolute Gasteiger partial charge is 0.573 e. The summed E-state index contributed by atoms with van der Waals surface area (Å²) >= 11 is 0. The van der Waals surface area contributed by atoms with E-state index in [1.54, 1.807) is 12.1 Å². The molecule has 0 aliphatic heterocycles. The number of aryl methyl sites for hydroxylation is 2. The Bertz CT molecular complexity index is 986. The molecule has 29 heavy (non-hydrogen) atoms. The predicted molar refractivity (Wildman–Crippen MR) is 100 cm³/mol. The van der Waals surface area contributed by atoms with Crippen LogP contribution >= 0.6 is 0 Å². The summed E-state index contributed by atoms with van der Waals surface area (Å²) in [4.78, 5) is 12.2. The number of benzene rings is 2. The molecule has 0 unspecified atom stereocenters. The first-order chi connectivity index (χ1) is 13.6. The zero-order valence-corrected chi connectivity index (χ0v) is 16.3. The molecule has 0 fully saturated rings. The van der Waals surface area contributed by atoms with Gasteiger partial charge in [-0.25, -0.2) is 8.42 Å². The third-order valence-corrected chi connectivity index (χ3v) is 6.39. The molecule has 2 aromatic carbocycles. The van der Waals surface area contributed by atoms with E-state index < -0.39 is 22.1 Å². The first kappa shape index (κ1) is 21.2. The second-order valence-electron chi connectivity index (χ2n) is 6.82. The van der Waals surface area contributed by atoms with Gasteiger partial charge in [-0.05, 0) is 60.2 Å². The SMILES string of the molecule is O=C(CCS(=O)(=O)c1ccc2c(c1)CCC2)NCc1ccc(OC(F)(F)F)cc1. The summed E-state index contributed by atoms with van der Waals surface area (Å²) in [6.07, 6.45) is -2.12. The minimum Gasteiger partial charge on any atom is -0.406 e. The van der Waals surface area contributed by atoms with Crippen LogP contribution in [-0.2, 0) is 34.0 Å². The number of halogens is 3. The van der Waals surface area contributed by atoms with Crippen molar-refractivity contribution < 1.29 is 31.1 Å². The molecule has 1 amide bonds. The molecule has 9 heteroatoms. The maximum absolute atomic E-state index is 12.5. The monoisotopic (exact) mass is 427 g/mol. The van der Waals surface area contributed by atoms with Gasteiger partial charge in [-0.1, -0.05) is 18.2 Å². The Balaban J connectivity index is 1.49. The van der Waals surface area contributed by atoms with Crippen molar-refractivity contribution in [1.82, 2.24) is 5.32 Å². The molecule has 3 rings (SSSR count). The molecule has 156 valence electrons. The summed E-state index contributed by atoms with van der Waals surface area (Å²) < 4.78 is 65.1. The molecule has 0 radical (unpaired) electrons. The van der Waals surface area contributed by atoms with E-state index in [4.69, 9.17) is 0 Å². The Kier molecular flexibility index (Phi) is 6.16. The summed E-state index contributed by atoms with van der Waals surface area (Å²) in [5, 5.41) is 2.57. The van der Waals surface area contributed by atoms with Crippen molar-refractivity contribution in [2.45, 2.75) is 43.5 Å². The highest BCUT2D eigenvalue weighted by atomic mass is 32.2. The highest BCUT2D eigenvalue weighted by Gasteiger charge is 2.31. The van der Waals surface area contributed by atoms with Crippen molar-refractivity contribution >= 4 is 15.7 Å². The fourth-order valence-electron chi connectivity index (χ4n) is 3.18. The van der Waals surface area contributed by atoms with E-state index in [1.807, 2.05) is 6.07 Å². The van der Waals surface area contributed by atoms with E-state index in [0.717, 1.165) is 37.0 Å². The van der Waals surface area contributed by atoms with Crippen LogP contribution in [0.25, 0.3) is 0 Å². The first-order valence-corrected chi connectivity index (χ1v) is 10.7. The maximum atomic E-state index is 12.5. The molecule has 0 bridgehead atoms. The number of rotatable bonds is 7. The number of sulfone groups is 1. The van der Waals surface area contributed by atoms with Gasteiger partial charge in [0.1, 0.15) is 5.75 Å².